The molecule has 1 aliphatic rings. The van der Waals surface area contributed by atoms with Crippen LogP contribution in [0.1, 0.15) is 30.9 Å². The summed E-state index contributed by atoms with van der Waals surface area (Å²) in [7, 11) is 0. The monoisotopic (exact) mass is 401 g/mol. The first-order valence-electron chi connectivity index (χ1n) is 9.87. The lowest BCUT2D eigenvalue weighted by Crippen LogP contribution is -2.31. The highest BCUT2D eigenvalue weighted by molar-refractivity contribution is 8.15. The molecule has 0 aliphatic carbocycles. The van der Waals surface area contributed by atoms with Gasteiger partial charge in [-0.3, -0.25) is 9.69 Å². The molecule has 29 heavy (non-hydrogen) atoms. The number of fused-ring (bicyclic) bond motifs is 1. The summed E-state index contributed by atoms with van der Waals surface area (Å²) < 4.78 is 0. The number of hydrogen-bond donors (Lipinski definition) is 0. The first-order chi connectivity index (χ1) is 14.3. The first kappa shape index (κ1) is 19.4. The summed E-state index contributed by atoms with van der Waals surface area (Å²) in [5, 5.41) is 11.6. The normalized spacial score (nSPS) is 18.4. The molecular weight excluding hydrogens is 378 g/mol. The number of benzene rings is 3. The number of carbonyl (C=O) groups is 1. The molecule has 0 aromatic heterocycles. The quantitative estimate of drug-likeness (QED) is 0.406. The fourth-order valence-corrected chi connectivity index (χ4v) is 4.67. The second-order valence-corrected chi connectivity index (χ2v) is 8.17. The number of amidine groups is 1. The Hall–Kier alpha value is -2.92. The minimum Gasteiger partial charge on any atom is -0.284 e. The Kier molecular flexibility index (Phi) is 6.06. The van der Waals surface area contributed by atoms with E-state index in [0.717, 1.165) is 24.0 Å². The van der Waals surface area contributed by atoms with E-state index in [-0.39, 0.29) is 11.2 Å². The van der Waals surface area contributed by atoms with Crippen LogP contribution in [0.3, 0.4) is 0 Å². The van der Waals surface area contributed by atoms with Crippen molar-refractivity contribution < 1.29 is 4.79 Å². The predicted octanol–water partition coefficient (Wildman–Crippen LogP) is 5.47. The van der Waals surface area contributed by atoms with Crippen molar-refractivity contribution in [3.8, 4) is 0 Å². The van der Waals surface area contributed by atoms with E-state index in [1.54, 1.807) is 11.1 Å². The lowest BCUT2D eigenvalue weighted by Gasteiger charge is -2.17. The van der Waals surface area contributed by atoms with Crippen LogP contribution in [0.15, 0.2) is 83.0 Å². The van der Waals surface area contributed by atoms with E-state index in [0.29, 0.717) is 11.7 Å². The number of carbonyl (C=O) groups excluding carboxylic acids is 1. The summed E-state index contributed by atoms with van der Waals surface area (Å²) >= 11 is 1.52. The zero-order valence-corrected chi connectivity index (χ0v) is 17.2. The zero-order chi connectivity index (χ0) is 20.1. The molecular formula is C24H23N3OS. The molecule has 4 nitrogen and oxygen atoms in total. The highest BCUT2D eigenvalue weighted by Gasteiger charge is 2.37. The van der Waals surface area contributed by atoms with Crippen LogP contribution < -0.4 is 0 Å². The van der Waals surface area contributed by atoms with Crippen molar-refractivity contribution in [2.75, 3.05) is 0 Å². The van der Waals surface area contributed by atoms with Gasteiger partial charge in [-0.15, -0.1) is 5.10 Å². The molecule has 0 spiro atoms. The van der Waals surface area contributed by atoms with E-state index >= 15 is 0 Å². The smallest absolute Gasteiger partial charge is 0.242 e. The van der Waals surface area contributed by atoms with E-state index in [9.17, 15) is 4.79 Å². The third-order valence-corrected chi connectivity index (χ3v) is 6.16. The number of thioether (sulfide) groups is 1. The summed E-state index contributed by atoms with van der Waals surface area (Å²) in [6, 6.07) is 24.3. The molecule has 5 heteroatoms. The van der Waals surface area contributed by atoms with Crippen molar-refractivity contribution in [2.24, 2.45) is 10.2 Å². The molecule has 1 heterocycles. The van der Waals surface area contributed by atoms with Crippen LogP contribution in [0, 0.1) is 0 Å². The Morgan fingerprint density at radius 2 is 1.76 bits per heavy atom. The van der Waals surface area contributed by atoms with Crippen LogP contribution in [-0.4, -0.2) is 27.4 Å². The van der Waals surface area contributed by atoms with Gasteiger partial charge in [-0.2, -0.15) is 5.10 Å². The maximum atomic E-state index is 13.1. The molecule has 146 valence electrons. The molecule has 0 unspecified atom stereocenters. The van der Waals surface area contributed by atoms with Crippen LogP contribution >= 0.6 is 11.8 Å². The van der Waals surface area contributed by atoms with E-state index < -0.39 is 0 Å². The number of nitrogens with zero attached hydrogens (tertiary/aromatic N) is 3. The van der Waals surface area contributed by atoms with E-state index in [1.807, 2.05) is 48.5 Å². The lowest BCUT2D eigenvalue weighted by molar-refractivity contribution is -0.126. The predicted molar refractivity (Wildman–Crippen MR) is 122 cm³/mol. The molecule has 0 bridgehead atoms. The van der Waals surface area contributed by atoms with Gasteiger partial charge in [0.1, 0.15) is 0 Å². The van der Waals surface area contributed by atoms with E-state index in [4.69, 9.17) is 0 Å². The number of rotatable bonds is 6. The van der Waals surface area contributed by atoms with E-state index in [2.05, 4.69) is 41.4 Å². The molecule has 1 fully saturated rings. The molecule has 4 rings (SSSR count). The van der Waals surface area contributed by atoms with Crippen molar-refractivity contribution in [2.45, 2.75) is 31.6 Å². The molecule has 0 N–H and O–H groups in total. The van der Waals surface area contributed by atoms with Crippen LogP contribution in [0.2, 0.25) is 0 Å². The van der Waals surface area contributed by atoms with Gasteiger partial charge in [-0.1, -0.05) is 97.9 Å². The maximum absolute atomic E-state index is 13.1. The minimum absolute atomic E-state index is 0.0827. The Morgan fingerprint density at radius 1 is 1.00 bits per heavy atom. The average molecular weight is 402 g/mol. The van der Waals surface area contributed by atoms with Gasteiger partial charge in [0.15, 0.2) is 5.17 Å². The molecule has 1 amide bonds. The summed E-state index contributed by atoms with van der Waals surface area (Å²) in [5.41, 5.74) is 2.10. The third kappa shape index (κ3) is 4.40. The topological polar surface area (TPSA) is 45.0 Å². The fraction of sp³-hybridized carbons (Fsp3) is 0.208. The van der Waals surface area contributed by atoms with E-state index in [1.165, 1.54) is 22.5 Å². The average Bonchev–Trinajstić information content (AvgIpc) is 3.04. The van der Waals surface area contributed by atoms with Gasteiger partial charge in [-0.05, 0) is 28.3 Å². The Balaban J connectivity index is 1.63. The summed E-state index contributed by atoms with van der Waals surface area (Å²) in [5.74, 6) is 0.124. The van der Waals surface area contributed by atoms with Crippen molar-refractivity contribution >= 4 is 39.8 Å². The van der Waals surface area contributed by atoms with Gasteiger partial charge >= 0.3 is 0 Å². The third-order valence-electron chi connectivity index (χ3n) is 4.93. The molecule has 1 saturated heterocycles. The van der Waals surface area contributed by atoms with Gasteiger partial charge in [0.25, 0.3) is 0 Å². The molecule has 0 radical (unpaired) electrons. The first-order valence-corrected chi connectivity index (χ1v) is 10.7. The summed E-state index contributed by atoms with van der Waals surface area (Å²) in [6.07, 6.45) is 3.53. The van der Waals surface area contributed by atoms with Gasteiger partial charge in [0.2, 0.25) is 5.91 Å². The van der Waals surface area contributed by atoms with Crippen LogP contribution in [-0.2, 0) is 11.3 Å². The largest absolute Gasteiger partial charge is 0.284 e. The number of amides is 1. The van der Waals surface area contributed by atoms with Gasteiger partial charge in [-0.25, -0.2) is 0 Å². The fourth-order valence-electron chi connectivity index (χ4n) is 3.46. The van der Waals surface area contributed by atoms with Crippen molar-refractivity contribution in [1.82, 2.24) is 4.90 Å². The number of hydrogen-bond acceptors (Lipinski definition) is 4. The second kappa shape index (κ2) is 9.05. The van der Waals surface area contributed by atoms with Gasteiger partial charge in [0, 0.05) is 0 Å². The second-order valence-electron chi connectivity index (χ2n) is 7.00. The van der Waals surface area contributed by atoms with Crippen LogP contribution in [0.25, 0.3) is 10.8 Å². The van der Waals surface area contributed by atoms with Gasteiger partial charge in [0.05, 0.1) is 18.0 Å². The Morgan fingerprint density at radius 3 is 2.59 bits per heavy atom. The Labute approximate surface area is 175 Å². The molecule has 1 atom stereocenters. The highest BCUT2D eigenvalue weighted by Crippen LogP contribution is 2.32. The maximum Gasteiger partial charge on any atom is 0.242 e. The Bertz CT molecular complexity index is 1060. The zero-order valence-electron chi connectivity index (χ0n) is 16.4. The highest BCUT2D eigenvalue weighted by atomic mass is 32.2. The molecule has 3 aromatic carbocycles. The minimum atomic E-state index is -0.0827. The standard InChI is InChI=1S/C24H23N3OS/c1-2-9-22-23(28)27(17-20-14-8-13-19-12-6-7-15-21(19)20)24(29-22)26-25-16-18-10-4-3-5-11-18/h3-8,10-16,22H,2,9,17H2,1H3/b25-16-,26-24-/t22-/m1/s1. The lowest BCUT2D eigenvalue weighted by atomic mass is 10.0. The SMILES string of the molecule is CCC[C@H]1S/C(=N\N=C/c2ccccc2)N(Cc2cccc3ccccc23)C1=O. The summed E-state index contributed by atoms with van der Waals surface area (Å²) in [6.45, 7) is 2.61. The molecule has 1 aliphatic heterocycles. The van der Waals surface area contributed by atoms with Crippen LogP contribution in [0.4, 0.5) is 0 Å². The van der Waals surface area contributed by atoms with Crippen LogP contribution in [0.5, 0.6) is 0 Å². The van der Waals surface area contributed by atoms with Gasteiger partial charge < -0.3 is 0 Å². The molecule has 3 aromatic rings. The van der Waals surface area contributed by atoms with Crippen molar-refractivity contribution in [3.63, 3.8) is 0 Å². The van der Waals surface area contributed by atoms with Crippen molar-refractivity contribution in [3.05, 3.63) is 83.9 Å². The summed E-state index contributed by atoms with van der Waals surface area (Å²) in [4.78, 5) is 14.8. The van der Waals surface area contributed by atoms with Crippen molar-refractivity contribution in [1.29, 1.82) is 0 Å². The molecule has 0 saturated carbocycles.